The lowest BCUT2D eigenvalue weighted by Gasteiger charge is -2.26. The minimum Gasteiger partial charge on any atom is -0.371 e. The summed E-state index contributed by atoms with van der Waals surface area (Å²) in [6.07, 6.45) is 0. The molecule has 2 nitrogen and oxygen atoms in total. The molecule has 1 aromatic carbocycles. The van der Waals surface area contributed by atoms with Gasteiger partial charge in [0.2, 0.25) is 0 Å². The predicted octanol–water partition coefficient (Wildman–Crippen LogP) is 5.92. The van der Waals surface area contributed by atoms with Gasteiger partial charge in [-0.3, -0.25) is 0 Å². The summed E-state index contributed by atoms with van der Waals surface area (Å²) >= 11 is 0. The van der Waals surface area contributed by atoms with Gasteiger partial charge in [0.25, 0.3) is 0 Å². The number of ether oxygens (including phenoxy) is 2. The number of hydrogen-bond donors (Lipinski definition) is 0. The summed E-state index contributed by atoms with van der Waals surface area (Å²) < 4.78 is 12.0. The molecule has 0 aliphatic heterocycles. The quantitative estimate of drug-likeness (QED) is 0.685. The molecule has 0 aliphatic carbocycles. The van der Waals surface area contributed by atoms with Gasteiger partial charge in [-0.2, -0.15) is 0 Å². The second kappa shape index (κ2) is 6.94. The van der Waals surface area contributed by atoms with Crippen molar-refractivity contribution in [1.29, 1.82) is 0 Å². The molecule has 0 bridgehead atoms. The Kier molecular flexibility index (Phi) is 6.09. The fourth-order valence-corrected chi connectivity index (χ4v) is 2.16. The normalized spacial score (nSPS) is 13.5. The molecule has 1 aromatic rings. The Labute approximate surface area is 143 Å². The highest BCUT2D eigenvalue weighted by Crippen LogP contribution is 2.29. The molecule has 0 saturated carbocycles. The van der Waals surface area contributed by atoms with Crippen LogP contribution in [0.15, 0.2) is 12.1 Å². The largest absolute Gasteiger partial charge is 0.371 e. The van der Waals surface area contributed by atoms with Gasteiger partial charge in [-0.05, 0) is 76.1 Å². The predicted molar refractivity (Wildman–Crippen MR) is 99.0 cm³/mol. The van der Waals surface area contributed by atoms with Crippen LogP contribution in [0.5, 0.6) is 0 Å². The molecule has 0 aliphatic rings. The van der Waals surface area contributed by atoms with E-state index in [2.05, 4.69) is 81.4 Å². The minimum absolute atomic E-state index is 0.112. The van der Waals surface area contributed by atoms with Gasteiger partial charge >= 0.3 is 0 Å². The molecule has 0 saturated heterocycles. The van der Waals surface area contributed by atoms with Gasteiger partial charge in [0.15, 0.2) is 0 Å². The standard InChI is InChI=1S/C21H36O2/c1-15-16(13-22-20(5,6)7)11-18(19(2,3)4)12-17(15)14-23-21(8,9)10/h11-12H,13-14H2,1-10H3. The van der Waals surface area contributed by atoms with Gasteiger partial charge in [0, 0.05) is 0 Å². The van der Waals surface area contributed by atoms with E-state index in [1.807, 2.05) is 0 Å². The van der Waals surface area contributed by atoms with E-state index >= 15 is 0 Å². The van der Waals surface area contributed by atoms with Crippen molar-refractivity contribution in [3.8, 4) is 0 Å². The summed E-state index contributed by atoms with van der Waals surface area (Å²) in [7, 11) is 0. The summed E-state index contributed by atoms with van der Waals surface area (Å²) in [4.78, 5) is 0. The second-order valence-corrected chi connectivity index (χ2v) is 9.47. The lowest BCUT2D eigenvalue weighted by atomic mass is 9.83. The number of hydrogen-bond acceptors (Lipinski definition) is 2. The first-order valence-electron chi connectivity index (χ1n) is 8.60. The van der Waals surface area contributed by atoms with Crippen molar-refractivity contribution in [1.82, 2.24) is 0 Å². The zero-order valence-corrected chi connectivity index (χ0v) is 16.9. The summed E-state index contributed by atoms with van der Waals surface area (Å²) in [6.45, 7) is 22.8. The molecule has 0 atom stereocenters. The first-order chi connectivity index (χ1) is 10.2. The molecule has 0 unspecified atom stereocenters. The maximum Gasteiger partial charge on any atom is 0.0726 e. The van der Waals surface area contributed by atoms with E-state index in [1.54, 1.807) is 0 Å². The van der Waals surface area contributed by atoms with Gasteiger partial charge in [-0.15, -0.1) is 0 Å². The van der Waals surface area contributed by atoms with Crippen molar-refractivity contribution in [2.45, 2.75) is 99.1 Å². The Balaban J connectivity index is 3.17. The van der Waals surface area contributed by atoms with Crippen LogP contribution < -0.4 is 0 Å². The molecular weight excluding hydrogens is 284 g/mol. The van der Waals surface area contributed by atoms with Gasteiger partial charge < -0.3 is 9.47 Å². The molecule has 0 fully saturated rings. The van der Waals surface area contributed by atoms with Crippen LogP contribution in [-0.2, 0) is 28.1 Å². The molecular formula is C21H36O2. The van der Waals surface area contributed by atoms with Crippen molar-refractivity contribution in [3.05, 3.63) is 34.4 Å². The second-order valence-electron chi connectivity index (χ2n) is 9.47. The van der Waals surface area contributed by atoms with Crippen LogP contribution in [0.1, 0.15) is 84.6 Å². The fourth-order valence-electron chi connectivity index (χ4n) is 2.16. The monoisotopic (exact) mass is 320 g/mol. The van der Waals surface area contributed by atoms with Crippen LogP contribution in [0.2, 0.25) is 0 Å². The highest BCUT2D eigenvalue weighted by Gasteiger charge is 2.20. The van der Waals surface area contributed by atoms with Crippen LogP contribution in [-0.4, -0.2) is 11.2 Å². The highest BCUT2D eigenvalue weighted by molar-refractivity contribution is 5.40. The van der Waals surface area contributed by atoms with Crippen molar-refractivity contribution in [2.75, 3.05) is 0 Å². The minimum atomic E-state index is -0.133. The maximum atomic E-state index is 6.02. The van der Waals surface area contributed by atoms with E-state index in [1.165, 1.54) is 22.3 Å². The van der Waals surface area contributed by atoms with Crippen LogP contribution in [0.25, 0.3) is 0 Å². The molecule has 0 radical (unpaired) electrons. The van der Waals surface area contributed by atoms with Crippen molar-refractivity contribution in [3.63, 3.8) is 0 Å². The first-order valence-corrected chi connectivity index (χ1v) is 8.60. The summed E-state index contributed by atoms with van der Waals surface area (Å²) in [5.74, 6) is 0. The van der Waals surface area contributed by atoms with Gasteiger partial charge in [-0.1, -0.05) is 32.9 Å². The molecule has 1 rings (SSSR count). The zero-order chi connectivity index (χ0) is 18.1. The third-order valence-electron chi connectivity index (χ3n) is 3.81. The third-order valence-corrected chi connectivity index (χ3v) is 3.81. The van der Waals surface area contributed by atoms with Crippen LogP contribution >= 0.6 is 0 Å². The van der Waals surface area contributed by atoms with E-state index in [0.29, 0.717) is 13.2 Å². The molecule has 0 N–H and O–H groups in total. The van der Waals surface area contributed by atoms with Crippen LogP contribution in [0.4, 0.5) is 0 Å². The van der Waals surface area contributed by atoms with E-state index in [0.717, 1.165) is 0 Å². The lowest BCUT2D eigenvalue weighted by Crippen LogP contribution is -2.21. The van der Waals surface area contributed by atoms with Crippen molar-refractivity contribution >= 4 is 0 Å². The van der Waals surface area contributed by atoms with E-state index in [-0.39, 0.29) is 16.6 Å². The Bertz CT molecular complexity index is 483. The Morgan fingerprint density at radius 3 is 1.30 bits per heavy atom. The van der Waals surface area contributed by atoms with Gasteiger partial charge in [-0.25, -0.2) is 0 Å². The average molecular weight is 321 g/mol. The maximum absolute atomic E-state index is 6.02. The molecule has 2 heteroatoms. The van der Waals surface area contributed by atoms with Gasteiger partial charge in [0.1, 0.15) is 0 Å². The van der Waals surface area contributed by atoms with Gasteiger partial charge in [0.05, 0.1) is 24.4 Å². The molecule has 0 amide bonds. The lowest BCUT2D eigenvalue weighted by molar-refractivity contribution is -0.0176. The number of rotatable bonds is 4. The Morgan fingerprint density at radius 1 is 0.696 bits per heavy atom. The van der Waals surface area contributed by atoms with Crippen LogP contribution in [0, 0.1) is 6.92 Å². The highest BCUT2D eigenvalue weighted by atomic mass is 16.5. The summed E-state index contributed by atoms with van der Waals surface area (Å²) in [6, 6.07) is 4.59. The van der Waals surface area contributed by atoms with Crippen molar-refractivity contribution < 1.29 is 9.47 Å². The third kappa shape index (κ3) is 7.05. The molecule has 0 aromatic heterocycles. The molecule has 132 valence electrons. The van der Waals surface area contributed by atoms with E-state index in [4.69, 9.17) is 9.47 Å². The SMILES string of the molecule is Cc1c(COC(C)(C)C)cc(C(C)(C)C)cc1COC(C)(C)C. The smallest absolute Gasteiger partial charge is 0.0726 e. The number of benzene rings is 1. The fraction of sp³-hybridized carbons (Fsp3) is 0.714. The molecule has 0 spiro atoms. The molecule has 0 heterocycles. The summed E-state index contributed by atoms with van der Waals surface area (Å²) in [5, 5.41) is 0. The van der Waals surface area contributed by atoms with E-state index in [9.17, 15) is 0 Å². The van der Waals surface area contributed by atoms with E-state index < -0.39 is 0 Å². The zero-order valence-electron chi connectivity index (χ0n) is 16.9. The Hall–Kier alpha value is -0.860. The molecule has 23 heavy (non-hydrogen) atoms. The Morgan fingerprint density at radius 2 is 1.04 bits per heavy atom. The summed E-state index contributed by atoms with van der Waals surface area (Å²) in [5.41, 5.74) is 4.99. The topological polar surface area (TPSA) is 18.5 Å². The van der Waals surface area contributed by atoms with Crippen molar-refractivity contribution in [2.24, 2.45) is 0 Å². The average Bonchev–Trinajstić information content (AvgIpc) is 2.32. The first kappa shape index (κ1) is 20.2. The van der Waals surface area contributed by atoms with Crippen LogP contribution in [0.3, 0.4) is 0 Å².